The smallest absolute Gasteiger partial charge is 0.261 e. The van der Waals surface area contributed by atoms with E-state index in [0.29, 0.717) is 5.92 Å². The van der Waals surface area contributed by atoms with Crippen molar-refractivity contribution in [3.63, 3.8) is 0 Å². The summed E-state index contributed by atoms with van der Waals surface area (Å²) < 4.78 is 7.18. The minimum absolute atomic E-state index is 0.00660. The van der Waals surface area contributed by atoms with Gasteiger partial charge in [-0.25, -0.2) is 0 Å². The number of nitrogens with zero attached hydrogens (tertiary/aromatic N) is 1. The van der Waals surface area contributed by atoms with Gasteiger partial charge in [0.15, 0.2) is 0 Å². The number of rotatable bonds is 7. The topological polar surface area (TPSA) is 50.5 Å². The fourth-order valence-electron chi connectivity index (χ4n) is 5.17. The fraction of sp³-hybridized carbons (Fsp3) is 0.357. The Balaban J connectivity index is 1.58. The van der Waals surface area contributed by atoms with E-state index in [9.17, 15) is 0 Å². The van der Waals surface area contributed by atoms with Crippen LogP contribution in [-0.4, -0.2) is 35.1 Å². The Hall–Kier alpha value is -2.76. The van der Waals surface area contributed by atoms with Crippen LogP contribution in [0.3, 0.4) is 0 Å². The lowest BCUT2D eigenvalue weighted by atomic mass is 10.1. The van der Waals surface area contributed by atoms with Crippen LogP contribution in [0.15, 0.2) is 78.9 Å². The lowest BCUT2D eigenvalue weighted by Gasteiger charge is -2.43. The summed E-state index contributed by atoms with van der Waals surface area (Å²) in [5.41, 5.74) is 9.07. The van der Waals surface area contributed by atoms with E-state index in [1.807, 2.05) is 13.1 Å². The molecule has 4 nitrogen and oxygen atoms in total. The van der Waals surface area contributed by atoms with E-state index in [2.05, 4.69) is 104 Å². The highest BCUT2D eigenvalue weighted by molar-refractivity contribution is 6.99. The molecule has 0 aliphatic carbocycles. The Bertz CT molecular complexity index is 1010. The van der Waals surface area contributed by atoms with Crippen molar-refractivity contribution in [2.24, 2.45) is 5.92 Å². The molecule has 33 heavy (non-hydrogen) atoms. The summed E-state index contributed by atoms with van der Waals surface area (Å²) in [5.74, 6) is 0.502. The zero-order valence-corrected chi connectivity index (χ0v) is 21.3. The van der Waals surface area contributed by atoms with Crippen LogP contribution >= 0.6 is 0 Å². The maximum absolute atomic E-state index is 7.18. The van der Waals surface area contributed by atoms with Crippen molar-refractivity contribution in [1.29, 1.82) is 0 Å². The van der Waals surface area contributed by atoms with Gasteiger partial charge in [-0.15, -0.1) is 0 Å². The summed E-state index contributed by atoms with van der Waals surface area (Å²) >= 11 is 0. The molecule has 0 bridgehead atoms. The van der Waals surface area contributed by atoms with Crippen molar-refractivity contribution in [2.45, 2.75) is 32.2 Å². The number of benzene rings is 3. The van der Waals surface area contributed by atoms with Gasteiger partial charge < -0.3 is 20.4 Å². The van der Waals surface area contributed by atoms with Crippen LogP contribution in [-0.2, 0) is 4.43 Å². The predicted octanol–water partition coefficient (Wildman–Crippen LogP) is 4.71. The Morgan fingerprint density at radius 2 is 1.58 bits per heavy atom. The van der Waals surface area contributed by atoms with E-state index in [1.165, 1.54) is 16.1 Å². The Morgan fingerprint density at radius 1 is 0.970 bits per heavy atom. The van der Waals surface area contributed by atoms with Crippen LogP contribution in [0.25, 0.3) is 0 Å². The molecule has 0 saturated carbocycles. The van der Waals surface area contributed by atoms with E-state index < -0.39 is 8.32 Å². The van der Waals surface area contributed by atoms with Gasteiger partial charge in [0.1, 0.15) is 0 Å². The molecular formula is C28H37N3OSi. The molecule has 1 atom stereocenters. The molecular weight excluding hydrogens is 422 g/mol. The van der Waals surface area contributed by atoms with Crippen LogP contribution in [0.2, 0.25) is 5.04 Å². The third-order valence-electron chi connectivity index (χ3n) is 6.91. The number of nitrogen functional groups attached to an aromatic ring is 1. The van der Waals surface area contributed by atoms with Gasteiger partial charge in [-0.3, -0.25) is 0 Å². The molecule has 0 unspecified atom stereocenters. The van der Waals surface area contributed by atoms with Gasteiger partial charge in [0.05, 0.1) is 11.4 Å². The molecule has 0 radical (unpaired) electrons. The first-order valence-electron chi connectivity index (χ1n) is 11.9. The van der Waals surface area contributed by atoms with E-state index in [0.717, 1.165) is 37.5 Å². The van der Waals surface area contributed by atoms with Gasteiger partial charge in [0.2, 0.25) is 0 Å². The van der Waals surface area contributed by atoms with Gasteiger partial charge in [0, 0.05) is 38.3 Å². The van der Waals surface area contributed by atoms with Crippen molar-refractivity contribution in [2.75, 3.05) is 42.7 Å². The van der Waals surface area contributed by atoms with E-state index in [-0.39, 0.29) is 5.04 Å². The van der Waals surface area contributed by atoms with Crippen LogP contribution in [0, 0.1) is 5.92 Å². The number of anilines is 3. The Kier molecular flexibility index (Phi) is 6.82. The van der Waals surface area contributed by atoms with Crippen molar-refractivity contribution < 1.29 is 4.43 Å². The van der Waals surface area contributed by atoms with Gasteiger partial charge >= 0.3 is 0 Å². The third-order valence-corrected chi connectivity index (χ3v) is 11.9. The zero-order valence-electron chi connectivity index (χ0n) is 20.3. The summed E-state index contributed by atoms with van der Waals surface area (Å²) in [6.07, 6.45) is 1.14. The Labute approximate surface area is 199 Å². The highest BCUT2D eigenvalue weighted by Gasteiger charge is 2.50. The van der Waals surface area contributed by atoms with Crippen LogP contribution in [0.5, 0.6) is 0 Å². The van der Waals surface area contributed by atoms with Gasteiger partial charge in [-0.1, -0.05) is 81.4 Å². The maximum Gasteiger partial charge on any atom is 0.261 e. The molecule has 0 amide bonds. The van der Waals surface area contributed by atoms with Gasteiger partial charge in [-0.05, 0) is 40.0 Å². The highest BCUT2D eigenvalue weighted by Crippen LogP contribution is 2.38. The second-order valence-corrected chi connectivity index (χ2v) is 14.4. The minimum Gasteiger partial charge on any atom is -0.407 e. The lowest BCUT2D eigenvalue weighted by molar-refractivity contribution is 0.246. The molecule has 1 fully saturated rings. The molecule has 3 aromatic rings. The molecule has 1 saturated heterocycles. The van der Waals surface area contributed by atoms with Crippen molar-refractivity contribution in [1.82, 2.24) is 0 Å². The first-order chi connectivity index (χ1) is 15.8. The molecule has 0 spiro atoms. The predicted molar refractivity (Wildman–Crippen MR) is 144 cm³/mol. The molecule has 5 heteroatoms. The van der Waals surface area contributed by atoms with E-state index in [4.69, 9.17) is 10.2 Å². The lowest BCUT2D eigenvalue weighted by Crippen LogP contribution is -2.67. The number of hydrogen-bond acceptors (Lipinski definition) is 4. The molecule has 1 aliphatic rings. The normalized spacial score (nSPS) is 16.7. The maximum atomic E-state index is 7.18. The molecule has 3 N–H and O–H groups in total. The average molecular weight is 460 g/mol. The summed E-state index contributed by atoms with van der Waals surface area (Å²) in [6.45, 7) is 9.85. The largest absolute Gasteiger partial charge is 0.407 e. The van der Waals surface area contributed by atoms with E-state index in [1.54, 1.807) is 0 Å². The SMILES string of the molecule is CNc1cc(N2CC[C@@H](CO[Si](c3ccccc3)(c3ccccc3)C(C)(C)C)C2)ccc1N. The van der Waals surface area contributed by atoms with Crippen molar-refractivity contribution >= 4 is 35.8 Å². The molecule has 1 heterocycles. The van der Waals surface area contributed by atoms with Crippen LogP contribution in [0.1, 0.15) is 27.2 Å². The monoisotopic (exact) mass is 459 g/mol. The van der Waals surface area contributed by atoms with Gasteiger partial charge in [0.25, 0.3) is 8.32 Å². The highest BCUT2D eigenvalue weighted by atomic mass is 28.4. The van der Waals surface area contributed by atoms with Crippen molar-refractivity contribution in [3.8, 4) is 0 Å². The quantitative estimate of drug-likeness (QED) is 0.397. The standard InChI is InChI=1S/C28H37N3OSi/c1-28(2,3)33(24-11-7-5-8-12-24,25-13-9-6-10-14-25)32-21-22-17-18-31(20-22)23-15-16-26(29)27(19-23)30-4/h5-16,19,22,30H,17-18,20-21,29H2,1-4H3/t22-/m1/s1. The second kappa shape index (κ2) is 9.62. The minimum atomic E-state index is -2.49. The second-order valence-electron chi connectivity index (χ2n) is 10.1. The first kappa shape index (κ1) is 23.4. The zero-order chi connectivity index (χ0) is 23.5. The van der Waals surface area contributed by atoms with E-state index >= 15 is 0 Å². The molecule has 1 aliphatic heterocycles. The summed E-state index contributed by atoms with van der Waals surface area (Å²) in [5, 5.41) is 5.89. The first-order valence-corrected chi connectivity index (χ1v) is 13.8. The number of hydrogen-bond donors (Lipinski definition) is 2. The summed E-state index contributed by atoms with van der Waals surface area (Å²) in [7, 11) is -0.569. The summed E-state index contributed by atoms with van der Waals surface area (Å²) in [6, 6.07) is 28.1. The molecule has 0 aromatic heterocycles. The molecule has 4 rings (SSSR count). The number of nitrogens with one attached hydrogen (secondary N) is 1. The van der Waals surface area contributed by atoms with Crippen LogP contribution in [0.4, 0.5) is 17.1 Å². The number of nitrogens with two attached hydrogens (primary N) is 1. The van der Waals surface area contributed by atoms with Crippen molar-refractivity contribution in [3.05, 3.63) is 78.9 Å². The fourth-order valence-corrected chi connectivity index (χ4v) is 9.81. The van der Waals surface area contributed by atoms with Crippen LogP contribution < -0.4 is 26.3 Å². The average Bonchev–Trinajstić information content (AvgIpc) is 3.29. The third kappa shape index (κ3) is 4.66. The van der Waals surface area contributed by atoms with Gasteiger partial charge in [-0.2, -0.15) is 0 Å². The molecule has 3 aromatic carbocycles. The summed E-state index contributed by atoms with van der Waals surface area (Å²) in [4.78, 5) is 2.46. The molecule has 174 valence electrons. The Morgan fingerprint density at radius 3 is 2.12 bits per heavy atom.